The molecule has 0 aliphatic carbocycles. The monoisotopic (exact) mass is 291 g/mol. The molecule has 0 radical (unpaired) electrons. The van der Waals surface area contributed by atoms with Crippen molar-refractivity contribution in [2.45, 2.75) is 59.5 Å². The summed E-state index contributed by atoms with van der Waals surface area (Å²) in [5.41, 5.74) is 1.54. The number of hydrogen-bond donors (Lipinski definition) is 1. The van der Waals surface area contributed by atoms with Gasteiger partial charge in [0.2, 0.25) is 0 Å². The summed E-state index contributed by atoms with van der Waals surface area (Å²) < 4.78 is 5.26. The number of anilines is 1. The number of carbonyl (C=O) groups excluding carboxylic acids is 1. The van der Waals surface area contributed by atoms with Crippen LogP contribution in [0.1, 0.15) is 52.7 Å². The zero-order valence-corrected chi connectivity index (χ0v) is 13.6. The molecule has 5 heteroatoms. The summed E-state index contributed by atoms with van der Waals surface area (Å²) in [6.45, 7) is 9.49. The van der Waals surface area contributed by atoms with Crippen LogP contribution in [-0.2, 0) is 4.74 Å². The number of carbonyl (C=O) groups is 1. The number of hydrogen-bond acceptors (Lipinski definition) is 4. The fourth-order valence-corrected chi connectivity index (χ4v) is 1.69. The molecular formula is C16H25N3O2. The number of pyridine rings is 1. The highest BCUT2D eigenvalue weighted by atomic mass is 16.6. The summed E-state index contributed by atoms with van der Waals surface area (Å²) >= 11 is 0. The maximum atomic E-state index is 11.9. The van der Waals surface area contributed by atoms with Crippen molar-refractivity contribution in [2.24, 2.45) is 4.99 Å². The quantitative estimate of drug-likeness (QED) is 0.635. The summed E-state index contributed by atoms with van der Waals surface area (Å²) in [5, 5.41) is 2.73. The number of nitrogens with zero attached hydrogens (tertiary/aromatic N) is 2. The molecule has 1 amide bonds. The van der Waals surface area contributed by atoms with Gasteiger partial charge in [-0.05, 0) is 46.6 Å². The Hall–Kier alpha value is -1.91. The van der Waals surface area contributed by atoms with Gasteiger partial charge in [0, 0.05) is 12.4 Å². The van der Waals surface area contributed by atoms with Crippen LogP contribution in [0.5, 0.6) is 0 Å². The molecule has 21 heavy (non-hydrogen) atoms. The summed E-state index contributed by atoms with van der Waals surface area (Å²) in [7, 11) is 0. The van der Waals surface area contributed by atoms with Crippen molar-refractivity contribution in [1.29, 1.82) is 0 Å². The third-order valence-corrected chi connectivity index (χ3v) is 2.65. The molecule has 0 aromatic carbocycles. The molecule has 1 rings (SSSR count). The summed E-state index contributed by atoms with van der Waals surface area (Å²) in [6, 6.07) is 1.73. The lowest BCUT2D eigenvalue weighted by molar-refractivity contribution is 0.0636. The second-order valence-electron chi connectivity index (χ2n) is 5.87. The van der Waals surface area contributed by atoms with Gasteiger partial charge in [0.05, 0.1) is 11.4 Å². The topological polar surface area (TPSA) is 63.6 Å². The van der Waals surface area contributed by atoms with Gasteiger partial charge in [0.1, 0.15) is 11.3 Å². The van der Waals surface area contributed by atoms with E-state index < -0.39 is 11.7 Å². The lowest BCUT2D eigenvalue weighted by Gasteiger charge is -2.20. The molecule has 0 unspecified atom stereocenters. The average Bonchev–Trinajstić information content (AvgIpc) is 2.35. The molecule has 0 bridgehead atoms. The first-order valence-corrected chi connectivity index (χ1v) is 7.31. The zero-order chi connectivity index (χ0) is 15.9. The van der Waals surface area contributed by atoms with Crippen molar-refractivity contribution in [3.8, 4) is 0 Å². The SMILES string of the molecule is CCCCC=Nc1c(NC(=O)OC(C)(C)C)ccnc1C. The fraction of sp³-hybridized carbons (Fsp3) is 0.562. The van der Waals surface area contributed by atoms with Crippen molar-refractivity contribution in [3.05, 3.63) is 18.0 Å². The van der Waals surface area contributed by atoms with E-state index in [9.17, 15) is 4.79 Å². The maximum Gasteiger partial charge on any atom is 0.412 e. The molecule has 0 spiro atoms. The van der Waals surface area contributed by atoms with Crippen molar-refractivity contribution in [1.82, 2.24) is 4.98 Å². The van der Waals surface area contributed by atoms with E-state index in [1.54, 1.807) is 12.3 Å². The maximum absolute atomic E-state index is 11.9. The molecule has 0 aliphatic heterocycles. The lowest BCUT2D eigenvalue weighted by Crippen LogP contribution is -2.27. The first-order valence-electron chi connectivity index (χ1n) is 7.31. The molecule has 0 fully saturated rings. The van der Waals surface area contributed by atoms with E-state index in [1.807, 2.05) is 33.9 Å². The molecule has 1 aromatic rings. The fourth-order valence-electron chi connectivity index (χ4n) is 1.69. The van der Waals surface area contributed by atoms with Crippen molar-refractivity contribution >= 4 is 23.7 Å². The van der Waals surface area contributed by atoms with E-state index in [4.69, 9.17) is 4.74 Å². The number of aliphatic imine (C=N–C) groups is 1. The Kier molecular flexibility index (Phi) is 6.34. The van der Waals surface area contributed by atoms with Crippen molar-refractivity contribution < 1.29 is 9.53 Å². The van der Waals surface area contributed by atoms with E-state index in [-0.39, 0.29) is 0 Å². The highest BCUT2D eigenvalue weighted by molar-refractivity contribution is 5.90. The highest BCUT2D eigenvalue weighted by Gasteiger charge is 2.17. The molecule has 1 N–H and O–H groups in total. The largest absolute Gasteiger partial charge is 0.444 e. The van der Waals surface area contributed by atoms with Crippen LogP contribution in [-0.4, -0.2) is 22.9 Å². The number of aryl methyl sites for hydroxylation is 1. The Bertz CT molecular complexity index is 505. The molecule has 1 aromatic heterocycles. The van der Waals surface area contributed by atoms with Gasteiger partial charge in [0.15, 0.2) is 0 Å². The number of rotatable bonds is 5. The van der Waals surface area contributed by atoms with Crippen molar-refractivity contribution in [2.75, 3.05) is 5.32 Å². The smallest absolute Gasteiger partial charge is 0.412 e. The molecule has 0 saturated carbocycles. The molecule has 116 valence electrons. The number of nitrogens with one attached hydrogen (secondary N) is 1. The molecule has 5 nitrogen and oxygen atoms in total. The Morgan fingerprint density at radius 2 is 2.19 bits per heavy atom. The Labute approximate surface area is 126 Å². The van der Waals surface area contributed by atoms with Crippen LogP contribution in [0.25, 0.3) is 0 Å². The Morgan fingerprint density at radius 3 is 2.81 bits per heavy atom. The van der Waals surface area contributed by atoms with Crippen LogP contribution in [0.15, 0.2) is 17.3 Å². The predicted octanol–water partition coefficient (Wildman–Crippen LogP) is 4.63. The van der Waals surface area contributed by atoms with E-state index in [0.29, 0.717) is 11.4 Å². The van der Waals surface area contributed by atoms with Gasteiger partial charge in [-0.2, -0.15) is 0 Å². The second kappa shape index (κ2) is 7.76. The molecule has 0 atom stereocenters. The van der Waals surface area contributed by atoms with E-state index in [0.717, 1.165) is 25.0 Å². The zero-order valence-electron chi connectivity index (χ0n) is 13.6. The Balaban J connectivity index is 2.84. The van der Waals surface area contributed by atoms with Gasteiger partial charge in [-0.15, -0.1) is 0 Å². The van der Waals surface area contributed by atoms with Crippen molar-refractivity contribution in [3.63, 3.8) is 0 Å². The van der Waals surface area contributed by atoms with Crippen LogP contribution >= 0.6 is 0 Å². The van der Waals surface area contributed by atoms with Crippen LogP contribution in [0.2, 0.25) is 0 Å². The average molecular weight is 291 g/mol. The third kappa shape index (κ3) is 6.38. The van der Waals surface area contributed by atoms with Crippen LogP contribution in [0.4, 0.5) is 16.2 Å². The van der Waals surface area contributed by atoms with Crippen LogP contribution < -0.4 is 5.32 Å². The molecular weight excluding hydrogens is 266 g/mol. The Morgan fingerprint density at radius 1 is 1.48 bits per heavy atom. The predicted molar refractivity (Wildman–Crippen MR) is 86.5 cm³/mol. The van der Waals surface area contributed by atoms with E-state index in [1.165, 1.54) is 0 Å². The van der Waals surface area contributed by atoms with Gasteiger partial charge in [-0.1, -0.05) is 13.3 Å². The number of aromatic nitrogens is 1. The van der Waals surface area contributed by atoms with Gasteiger partial charge >= 0.3 is 6.09 Å². The van der Waals surface area contributed by atoms with E-state index in [2.05, 4.69) is 22.2 Å². The number of unbranched alkanes of at least 4 members (excludes halogenated alkanes) is 2. The van der Waals surface area contributed by atoms with Crippen LogP contribution in [0.3, 0.4) is 0 Å². The normalized spacial score (nSPS) is 11.7. The molecule has 1 heterocycles. The van der Waals surface area contributed by atoms with E-state index >= 15 is 0 Å². The summed E-state index contributed by atoms with van der Waals surface area (Å²) in [5.74, 6) is 0. The van der Waals surface area contributed by atoms with Gasteiger partial charge in [-0.25, -0.2) is 4.79 Å². The standard InChI is InChI=1S/C16H25N3O2/c1-6-7-8-10-18-14-12(2)17-11-9-13(14)19-15(20)21-16(3,4)5/h9-11H,6-8H2,1-5H3,(H,17,19,20). The third-order valence-electron chi connectivity index (χ3n) is 2.65. The number of amides is 1. The van der Waals surface area contributed by atoms with Gasteiger partial charge in [-0.3, -0.25) is 15.3 Å². The first kappa shape index (κ1) is 17.1. The second-order valence-corrected chi connectivity index (χ2v) is 5.87. The molecule has 0 aliphatic rings. The van der Waals surface area contributed by atoms with Gasteiger partial charge < -0.3 is 4.74 Å². The minimum atomic E-state index is -0.531. The lowest BCUT2D eigenvalue weighted by atomic mass is 10.2. The molecule has 0 saturated heterocycles. The summed E-state index contributed by atoms with van der Waals surface area (Å²) in [6.07, 6.45) is 6.16. The minimum absolute atomic E-state index is 0.488. The summed E-state index contributed by atoms with van der Waals surface area (Å²) in [4.78, 5) is 20.5. The first-order chi connectivity index (χ1) is 9.83. The highest BCUT2D eigenvalue weighted by Crippen LogP contribution is 2.27. The van der Waals surface area contributed by atoms with Gasteiger partial charge in [0.25, 0.3) is 0 Å². The number of ether oxygens (including phenoxy) is 1. The minimum Gasteiger partial charge on any atom is -0.444 e. The van der Waals surface area contributed by atoms with Crippen LogP contribution in [0, 0.1) is 6.92 Å².